The van der Waals surface area contributed by atoms with E-state index in [2.05, 4.69) is 18.8 Å². The molecule has 2 heterocycles. The highest BCUT2D eigenvalue weighted by atomic mass is 16.2. The first-order chi connectivity index (χ1) is 8.68. The number of nitrogens with zero attached hydrogens (tertiary/aromatic N) is 2. The fraction of sp³-hybridized carbons (Fsp3) is 0.467. The van der Waals surface area contributed by atoms with E-state index in [9.17, 15) is 4.79 Å². The van der Waals surface area contributed by atoms with Crippen LogP contribution in [-0.4, -0.2) is 27.9 Å². The molecule has 0 aromatic carbocycles. The molecule has 0 spiro atoms. The number of carbonyl (C=O) groups excluding carboxylic acids is 1. The van der Waals surface area contributed by atoms with Gasteiger partial charge in [0, 0.05) is 24.4 Å². The first-order valence-corrected chi connectivity index (χ1v) is 6.60. The Kier molecular flexibility index (Phi) is 4.13. The molecule has 1 aliphatic heterocycles. The zero-order valence-corrected chi connectivity index (χ0v) is 11.0. The quantitative estimate of drug-likeness (QED) is 0.749. The topological polar surface area (TPSA) is 33.2 Å². The molecule has 2 rings (SSSR count). The van der Waals surface area contributed by atoms with Crippen LogP contribution in [0, 0.1) is 0 Å². The number of piperidine rings is 1. The summed E-state index contributed by atoms with van der Waals surface area (Å²) in [5.41, 5.74) is 0.822. The average molecular weight is 244 g/mol. The molecule has 0 radical (unpaired) electrons. The second-order valence-corrected chi connectivity index (χ2v) is 4.96. The molecule has 0 bridgehead atoms. The third-order valence-corrected chi connectivity index (χ3v) is 3.53. The Hall–Kier alpha value is -1.64. The third kappa shape index (κ3) is 2.97. The van der Waals surface area contributed by atoms with Gasteiger partial charge in [-0.05, 0) is 51.3 Å². The van der Waals surface area contributed by atoms with Crippen molar-refractivity contribution in [2.24, 2.45) is 0 Å². The fourth-order valence-corrected chi connectivity index (χ4v) is 2.57. The van der Waals surface area contributed by atoms with Gasteiger partial charge < -0.3 is 4.90 Å². The van der Waals surface area contributed by atoms with Crippen LogP contribution in [0.25, 0.3) is 6.08 Å². The fourth-order valence-electron chi connectivity index (χ4n) is 2.57. The number of aromatic nitrogens is 1. The number of hydrogen-bond donors (Lipinski definition) is 0. The molecule has 1 aromatic rings. The molecule has 2 atom stereocenters. The van der Waals surface area contributed by atoms with Gasteiger partial charge in [-0.3, -0.25) is 9.78 Å². The highest BCUT2D eigenvalue weighted by Gasteiger charge is 2.27. The molecular formula is C15H20N2O. The zero-order chi connectivity index (χ0) is 13.0. The van der Waals surface area contributed by atoms with Crippen LogP contribution < -0.4 is 0 Å². The van der Waals surface area contributed by atoms with E-state index >= 15 is 0 Å². The SMILES string of the molecule is CC1CCCC(C)N1C(=O)C=Cc1ccccn1. The first kappa shape index (κ1) is 12.8. The van der Waals surface area contributed by atoms with Gasteiger partial charge in [-0.15, -0.1) is 0 Å². The van der Waals surface area contributed by atoms with Crippen LogP contribution in [-0.2, 0) is 4.79 Å². The summed E-state index contributed by atoms with van der Waals surface area (Å²) >= 11 is 0. The summed E-state index contributed by atoms with van der Waals surface area (Å²) in [6, 6.07) is 6.37. The normalized spacial score (nSPS) is 24.4. The van der Waals surface area contributed by atoms with Gasteiger partial charge in [-0.1, -0.05) is 6.07 Å². The van der Waals surface area contributed by atoms with E-state index in [0.29, 0.717) is 12.1 Å². The van der Waals surface area contributed by atoms with Gasteiger partial charge in [0.2, 0.25) is 5.91 Å². The molecule has 0 aliphatic carbocycles. The molecule has 2 unspecified atom stereocenters. The highest BCUT2D eigenvalue weighted by molar-refractivity contribution is 5.92. The Labute approximate surface area is 109 Å². The van der Waals surface area contributed by atoms with Gasteiger partial charge in [0.25, 0.3) is 0 Å². The molecule has 1 aromatic heterocycles. The number of likely N-dealkylation sites (tertiary alicyclic amines) is 1. The zero-order valence-electron chi connectivity index (χ0n) is 11.0. The summed E-state index contributed by atoms with van der Waals surface area (Å²) in [6.45, 7) is 4.25. The van der Waals surface area contributed by atoms with Crippen molar-refractivity contribution in [2.45, 2.75) is 45.2 Å². The smallest absolute Gasteiger partial charge is 0.247 e. The van der Waals surface area contributed by atoms with Crippen LogP contribution >= 0.6 is 0 Å². The summed E-state index contributed by atoms with van der Waals surface area (Å²) in [5.74, 6) is 0.0975. The molecule has 18 heavy (non-hydrogen) atoms. The Morgan fingerprint density at radius 1 is 1.33 bits per heavy atom. The molecule has 3 heteroatoms. The largest absolute Gasteiger partial charge is 0.334 e. The molecule has 1 fully saturated rings. The van der Waals surface area contributed by atoms with Gasteiger partial charge in [0.1, 0.15) is 0 Å². The number of hydrogen-bond acceptors (Lipinski definition) is 2. The molecule has 0 N–H and O–H groups in total. The van der Waals surface area contributed by atoms with Crippen LogP contribution in [0.1, 0.15) is 38.8 Å². The lowest BCUT2D eigenvalue weighted by Crippen LogP contribution is -2.46. The van der Waals surface area contributed by atoms with E-state index in [-0.39, 0.29) is 5.91 Å². The van der Waals surface area contributed by atoms with Gasteiger partial charge in [0.05, 0.1) is 5.69 Å². The lowest BCUT2D eigenvalue weighted by atomic mass is 9.97. The second-order valence-electron chi connectivity index (χ2n) is 4.96. The maximum absolute atomic E-state index is 12.2. The van der Waals surface area contributed by atoms with Crippen molar-refractivity contribution in [1.82, 2.24) is 9.88 Å². The minimum Gasteiger partial charge on any atom is -0.334 e. The van der Waals surface area contributed by atoms with Gasteiger partial charge in [-0.2, -0.15) is 0 Å². The van der Waals surface area contributed by atoms with Crippen molar-refractivity contribution in [2.75, 3.05) is 0 Å². The van der Waals surface area contributed by atoms with Crippen LogP contribution in [0.3, 0.4) is 0 Å². The van der Waals surface area contributed by atoms with E-state index in [1.165, 1.54) is 6.42 Å². The van der Waals surface area contributed by atoms with Crippen LogP contribution in [0.4, 0.5) is 0 Å². The van der Waals surface area contributed by atoms with E-state index < -0.39 is 0 Å². The molecule has 0 saturated carbocycles. The Balaban J connectivity index is 2.05. The minimum atomic E-state index is 0.0975. The summed E-state index contributed by atoms with van der Waals surface area (Å²) in [6.07, 6.45) is 8.59. The Bertz CT molecular complexity index is 417. The van der Waals surface area contributed by atoms with E-state index in [1.807, 2.05) is 23.1 Å². The molecule has 96 valence electrons. The standard InChI is InChI=1S/C15H20N2O/c1-12-6-5-7-13(2)17(12)15(18)10-9-14-8-3-4-11-16-14/h3-4,8-13H,5-7H2,1-2H3. The van der Waals surface area contributed by atoms with Crippen molar-refractivity contribution >= 4 is 12.0 Å². The van der Waals surface area contributed by atoms with Crippen molar-refractivity contribution in [3.8, 4) is 0 Å². The highest BCUT2D eigenvalue weighted by Crippen LogP contribution is 2.22. The van der Waals surface area contributed by atoms with Gasteiger partial charge >= 0.3 is 0 Å². The lowest BCUT2D eigenvalue weighted by molar-refractivity contribution is -0.131. The number of rotatable bonds is 2. The van der Waals surface area contributed by atoms with Crippen molar-refractivity contribution in [1.29, 1.82) is 0 Å². The Morgan fingerprint density at radius 3 is 2.67 bits per heavy atom. The maximum atomic E-state index is 12.2. The Morgan fingerprint density at radius 2 is 2.06 bits per heavy atom. The lowest BCUT2D eigenvalue weighted by Gasteiger charge is -2.38. The van der Waals surface area contributed by atoms with Crippen LogP contribution in [0.2, 0.25) is 0 Å². The van der Waals surface area contributed by atoms with Gasteiger partial charge in [-0.25, -0.2) is 0 Å². The van der Waals surface area contributed by atoms with E-state index in [4.69, 9.17) is 0 Å². The van der Waals surface area contributed by atoms with Crippen LogP contribution in [0.5, 0.6) is 0 Å². The first-order valence-electron chi connectivity index (χ1n) is 6.60. The number of amides is 1. The molecule has 1 amide bonds. The maximum Gasteiger partial charge on any atom is 0.247 e. The summed E-state index contributed by atoms with van der Waals surface area (Å²) in [7, 11) is 0. The van der Waals surface area contributed by atoms with E-state index in [1.54, 1.807) is 18.3 Å². The summed E-state index contributed by atoms with van der Waals surface area (Å²) in [5, 5.41) is 0. The van der Waals surface area contributed by atoms with Crippen molar-refractivity contribution < 1.29 is 4.79 Å². The van der Waals surface area contributed by atoms with Crippen LogP contribution in [0.15, 0.2) is 30.5 Å². The van der Waals surface area contributed by atoms with Gasteiger partial charge in [0.15, 0.2) is 0 Å². The van der Waals surface area contributed by atoms with Crippen molar-refractivity contribution in [3.63, 3.8) is 0 Å². The van der Waals surface area contributed by atoms with E-state index in [0.717, 1.165) is 18.5 Å². The molecule has 1 aliphatic rings. The summed E-state index contributed by atoms with van der Waals surface area (Å²) in [4.78, 5) is 18.4. The minimum absolute atomic E-state index is 0.0975. The third-order valence-electron chi connectivity index (χ3n) is 3.53. The number of carbonyl (C=O) groups is 1. The van der Waals surface area contributed by atoms with Crippen molar-refractivity contribution in [3.05, 3.63) is 36.2 Å². The summed E-state index contributed by atoms with van der Waals surface area (Å²) < 4.78 is 0. The molecule has 3 nitrogen and oxygen atoms in total. The predicted octanol–water partition coefficient (Wildman–Crippen LogP) is 2.88. The second kappa shape index (κ2) is 5.80. The predicted molar refractivity (Wildman–Crippen MR) is 72.9 cm³/mol. The monoisotopic (exact) mass is 244 g/mol. The average Bonchev–Trinajstić information content (AvgIpc) is 2.37. The molecule has 1 saturated heterocycles. The number of pyridine rings is 1. The molecular weight excluding hydrogens is 224 g/mol.